The molecular weight excluding hydrogens is 566 g/mol. The van der Waals surface area contributed by atoms with Crippen LogP contribution in [0.3, 0.4) is 0 Å². The van der Waals surface area contributed by atoms with Crippen molar-refractivity contribution >= 4 is 50.0 Å². The van der Waals surface area contributed by atoms with Crippen LogP contribution >= 0.6 is 11.6 Å². The molecule has 1 aromatic heterocycles. The second-order valence-electron chi connectivity index (χ2n) is 10.5. The molecule has 2 aliphatic heterocycles. The van der Waals surface area contributed by atoms with E-state index in [0.717, 1.165) is 22.2 Å². The summed E-state index contributed by atoms with van der Waals surface area (Å²) in [6, 6.07) is 13.0. The van der Waals surface area contributed by atoms with E-state index in [1.165, 1.54) is 15.4 Å². The molecular formula is C29H34ClN5O5S. The first-order valence-electron chi connectivity index (χ1n) is 13.8. The van der Waals surface area contributed by atoms with Gasteiger partial charge in [-0.1, -0.05) is 30.7 Å². The fourth-order valence-corrected chi connectivity index (χ4v) is 7.40. The first kappa shape index (κ1) is 29.2. The number of aromatic nitrogens is 1. The number of carbonyl (C=O) groups excluding carboxylic acids is 1. The summed E-state index contributed by atoms with van der Waals surface area (Å²) in [6.45, 7) is 4.93. The van der Waals surface area contributed by atoms with Crippen molar-refractivity contribution in [3.8, 4) is 0 Å². The molecule has 0 saturated carbocycles. The lowest BCUT2D eigenvalue weighted by Crippen LogP contribution is -2.65. The van der Waals surface area contributed by atoms with Gasteiger partial charge in [0.1, 0.15) is 6.04 Å². The number of piperazine rings is 1. The van der Waals surface area contributed by atoms with Crippen LogP contribution in [-0.4, -0.2) is 89.5 Å². The standard InChI is InChI=1S/C29H34ClN5O5S/c1-3-27(29(37)38)35(24-9-12-32(13-10-24)25-8-11-31-20(2)16-25)34-15-14-33(19-28(34)36)41(39,40)26-7-5-21-17-23(30)6-4-22(21)18-26/h4-8,11,16-18,24,27H,3,9-10,12-15,19H2,1-2H3,(H,37,38). The van der Waals surface area contributed by atoms with Gasteiger partial charge in [0.2, 0.25) is 10.0 Å². The van der Waals surface area contributed by atoms with Gasteiger partial charge in [0.25, 0.3) is 5.91 Å². The Morgan fingerprint density at radius 1 is 1.07 bits per heavy atom. The Hall–Kier alpha value is -3.25. The van der Waals surface area contributed by atoms with Crippen LogP contribution in [0.25, 0.3) is 10.8 Å². The van der Waals surface area contributed by atoms with Crippen molar-refractivity contribution in [3.05, 3.63) is 65.4 Å². The predicted molar refractivity (Wildman–Crippen MR) is 157 cm³/mol. The maximum atomic E-state index is 13.5. The molecule has 12 heteroatoms. The Balaban J connectivity index is 1.33. The number of halogens is 1. The summed E-state index contributed by atoms with van der Waals surface area (Å²) < 4.78 is 28.2. The van der Waals surface area contributed by atoms with E-state index in [4.69, 9.17) is 11.6 Å². The molecule has 10 nitrogen and oxygen atoms in total. The van der Waals surface area contributed by atoms with Crippen molar-refractivity contribution in [3.63, 3.8) is 0 Å². The summed E-state index contributed by atoms with van der Waals surface area (Å²) in [6.07, 6.45) is 3.42. The van der Waals surface area contributed by atoms with Gasteiger partial charge in [0.15, 0.2) is 0 Å². The second-order valence-corrected chi connectivity index (χ2v) is 12.9. The van der Waals surface area contributed by atoms with Gasteiger partial charge < -0.3 is 10.0 Å². The third-order valence-electron chi connectivity index (χ3n) is 7.93. The van der Waals surface area contributed by atoms with E-state index >= 15 is 0 Å². The number of sulfonamides is 1. The van der Waals surface area contributed by atoms with Gasteiger partial charge in [-0.3, -0.25) is 19.6 Å². The van der Waals surface area contributed by atoms with Crippen LogP contribution < -0.4 is 4.90 Å². The Morgan fingerprint density at radius 2 is 1.78 bits per heavy atom. The van der Waals surface area contributed by atoms with Crippen molar-refractivity contribution in [2.75, 3.05) is 37.6 Å². The quantitative estimate of drug-likeness (QED) is 0.416. The van der Waals surface area contributed by atoms with Gasteiger partial charge in [-0.15, -0.1) is 0 Å². The molecule has 2 aromatic carbocycles. The number of carboxylic acid groups (broad SMARTS) is 1. The van der Waals surface area contributed by atoms with E-state index in [9.17, 15) is 23.1 Å². The number of piperidine rings is 1. The molecule has 41 heavy (non-hydrogen) atoms. The van der Waals surface area contributed by atoms with E-state index in [-0.39, 0.29) is 30.6 Å². The van der Waals surface area contributed by atoms with E-state index in [1.807, 2.05) is 19.1 Å². The number of carbonyl (C=O) groups is 2. The normalized spacial score (nSPS) is 18.3. The lowest BCUT2D eigenvalue weighted by Gasteiger charge is -2.48. The summed E-state index contributed by atoms with van der Waals surface area (Å²) in [5, 5.41) is 15.4. The zero-order valence-electron chi connectivity index (χ0n) is 23.1. The van der Waals surface area contributed by atoms with E-state index < -0.39 is 27.9 Å². The van der Waals surface area contributed by atoms with Crippen LogP contribution in [0.15, 0.2) is 59.6 Å². The molecule has 0 radical (unpaired) electrons. The fourth-order valence-electron chi connectivity index (χ4n) is 5.81. The molecule has 0 bridgehead atoms. The number of rotatable bonds is 8. The van der Waals surface area contributed by atoms with Crippen LogP contribution in [0.4, 0.5) is 5.69 Å². The topological polar surface area (TPSA) is 114 Å². The number of pyridine rings is 1. The van der Waals surface area contributed by atoms with Crippen molar-refractivity contribution < 1.29 is 23.1 Å². The minimum atomic E-state index is -3.95. The smallest absolute Gasteiger partial charge is 0.322 e. The lowest BCUT2D eigenvalue weighted by atomic mass is 10.0. The van der Waals surface area contributed by atoms with E-state index in [2.05, 4.69) is 9.88 Å². The molecule has 2 aliphatic rings. The Bertz CT molecular complexity index is 1560. The number of benzene rings is 2. The van der Waals surface area contributed by atoms with Crippen LogP contribution in [0, 0.1) is 6.92 Å². The summed E-state index contributed by atoms with van der Waals surface area (Å²) >= 11 is 6.06. The number of aryl methyl sites for hydroxylation is 1. The maximum Gasteiger partial charge on any atom is 0.322 e. The zero-order valence-corrected chi connectivity index (χ0v) is 24.7. The molecule has 1 amide bonds. The van der Waals surface area contributed by atoms with Gasteiger partial charge in [-0.05, 0) is 73.4 Å². The largest absolute Gasteiger partial charge is 0.480 e. The first-order valence-corrected chi connectivity index (χ1v) is 15.6. The summed E-state index contributed by atoms with van der Waals surface area (Å²) in [7, 11) is -3.95. The number of hydrazine groups is 1. The zero-order chi connectivity index (χ0) is 29.3. The first-order chi connectivity index (χ1) is 19.6. The molecule has 1 atom stereocenters. The highest BCUT2D eigenvalue weighted by molar-refractivity contribution is 7.89. The van der Waals surface area contributed by atoms with Crippen molar-refractivity contribution in [1.29, 1.82) is 0 Å². The van der Waals surface area contributed by atoms with Crippen LogP contribution in [0.2, 0.25) is 5.02 Å². The highest BCUT2D eigenvalue weighted by Gasteiger charge is 2.42. The third-order valence-corrected chi connectivity index (χ3v) is 10.0. The van der Waals surface area contributed by atoms with Crippen LogP contribution in [0.1, 0.15) is 31.9 Å². The molecule has 2 saturated heterocycles. The molecule has 1 unspecified atom stereocenters. The molecule has 3 heterocycles. The SMILES string of the molecule is CCC(C(=O)O)N(C1CCN(c2ccnc(C)c2)CC1)N1CCN(S(=O)(=O)c2ccc3cc(Cl)ccc3c2)CC1=O. The molecule has 2 fully saturated rings. The molecule has 1 N–H and O–H groups in total. The van der Waals surface area contributed by atoms with Crippen LogP contribution in [-0.2, 0) is 19.6 Å². The number of anilines is 1. The predicted octanol–water partition coefficient (Wildman–Crippen LogP) is 3.78. The van der Waals surface area contributed by atoms with Gasteiger partial charge in [0.05, 0.1) is 18.0 Å². The van der Waals surface area contributed by atoms with E-state index in [1.54, 1.807) is 48.5 Å². The molecule has 3 aromatic rings. The van der Waals surface area contributed by atoms with Gasteiger partial charge in [-0.2, -0.15) is 4.31 Å². The number of amides is 1. The third kappa shape index (κ3) is 6.04. The number of carboxylic acids is 1. The van der Waals surface area contributed by atoms with Crippen LogP contribution in [0.5, 0.6) is 0 Å². The minimum Gasteiger partial charge on any atom is -0.480 e. The van der Waals surface area contributed by atoms with Gasteiger partial charge in [-0.25, -0.2) is 13.4 Å². The highest BCUT2D eigenvalue weighted by Crippen LogP contribution is 2.29. The summed E-state index contributed by atoms with van der Waals surface area (Å²) in [4.78, 5) is 32.5. The van der Waals surface area contributed by atoms with Gasteiger partial charge in [0, 0.05) is 48.3 Å². The maximum absolute atomic E-state index is 13.5. The second kappa shape index (κ2) is 11.9. The summed E-state index contributed by atoms with van der Waals surface area (Å²) in [5.41, 5.74) is 1.99. The lowest BCUT2D eigenvalue weighted by molar-refractivity contribution is -0.177. The number of fused-ring (bicyclic) bond motifs is 1. The van der Waals surface area contributed by atoms with Crippen molar-refractivity contribution in [1.82, 2.24) is 19.3 Å². The minimum absolute atomic E-state index is 0.0639. The number of nitrogens with zero attached hydrogens (tertiary/aromatic N) is 5. The number of hydrogen-bond donors (Lipinski definition) is 1. The summed E-state index contributed by atoms with van der Waals surface area (Å²) in [5.74, 6) is -1.43. The Kier molecular flexibility index (Phi) is 8.51. The van der Waals surface area contributed by atoms with Crippen molar-refractivity contribution in [2.24, 2.45) is 0 Å². The molecule has 0 aliphatic carbocycles. The van der Waals surface area contributed by atoms with E-state index in [0.29, 0.717) is 37.4 Å². The monoisotopic (exact) mass is 599 g/mol. The Labute approximate surface area is 245 Å². The van der Waals surface area contributed by atoms with Crippen molar-refractivity contribution in [2.45, 2.75) is 50.1 Å². The van der Waals surface area contributed by atoms with Gasteiger partial charge >= 0.3 is 5.97 Å². The average molecular weight is 600 g/mol. The molecule has 218 valence electrons. The Morgan fingerprint density at radius 3 is 2.44 bits per heavy atom. The fraction of sp³-hybridized carbons (Fsp3) is 0.414. The molecule has 0 spiro atoms. The highest BCUT2D eigenvalue weighted by atomic mass is 35.5. The average Bonchev–Trinajstić information content (AvgIpc) is 2.95. The number of hydrogen-bond acceptors (Lipinski definition) is 7. The molecule has 5 rings (SSSR count). The number of aliphatic carboxylic acids is 1.